The maximum Gasteiger partial charge on any atom is 0.125 e. The van der Waals surface area contributed by atoms with Gasteiger partial charge >= 0.3 is 0 Å². The first-order valence-electron chi connectivity index (χ1n) is 7.03. The molecule has 96 valence electrons. The monoisotopic (exact) mass is 236 g/mol. The lowest BCUT2D eigenvalue weighted by Gasteiger charge is -2.22. The summed E-state index contributed by atoms with van der Waals surface area (Å²) >= 11 is 0. The van der Waals surface area contributed by atoms with Crippen LogP contribution < -0.4 is 10.9 Å². The molecule has 2 saturated carbocycles. The minimum Gasteiger partial charge on any atom is -0.310 e. The normalized spacial score (nSPS) is 22.9. The van der Waals surface area contributed by atoms with Crippen molar-refractivity contribution >= 4 is 12.1 Å². The molecule has 0 atom stereocenters. The van der Waals surface area contributed by atoms with Gasteiger partial charge in [0.15, 0.2) is 0 Å². The van der Waals surface area contributed by atoms with Gasteiger partial charge in [0.05, 0.1) is 0 Å². The van der Waals surface area contributed by atoms with Crippen LogP contribution in [-0.2, 0) is 0 Å². The number of nitrogens with one attached hydrogen (secondary N) is 2. The Kier molecular flexibility index (Phi) is 5.49. The highest BCUT2D eigenvalue weighted by Gasteiger charge is 2.11. The first kappa shape index (κ1) is 12.6. The summed E-state index contributed by atoms with van der Waals surface area (Å²) < 4.78 is 0. The summed E-state index contributed by atoms with van der Waals surface area (Å²) in [5, 5.41) is 8.32. The fraction of sp³-hybridized carbons (Fsp3) is 0.846. The zero-order valence-corrected chi connectivity index (χ0v) is 10.6. The molecule has 0 aromatic heterocycles. The summed E-state index contributed by atoms with van der Waals surface area (Å²) in [6, 6.07) is 0.609. The molecular formula is C13H24N4. The molecule has 4 heteroatoms. The molecule has 0 radical (unpaired) electrons. The Morgan fingerprint density at radius 2 is 1.65 bits per heavy atom. The average molecular weight is 236 g/mol. The van der Waals surface area contributed by atoms with E-state index in [1.165, 1.54) is 57.1 Å². The van der Waals surface area contributed by atoms with Crippen LogP contribution in [-0.4, -0.2) is 18.1 Å². The van der Waals surface area contributed by atoms with E-state index in [2.05, 4.69) is 21.1 Å². The molecule has 2 fully saturated rings. The van der Waals surface area contributed by atoms with Gasteiger partial charge in [0.25, 0.3) is 0 Å². The number of nitrogens with zero attached hydrogens (tertiary/aromatic N) is 2. The van der Waals surface area contributed by atoms with Crippen molar-refractivity contribution in [3.05, 3.63) is 0 Å². The highest BCUT2D eigenvalue weighted by Crippen LogP contribution is 2.16. The van der Waals surface area contributed by atoms with E-state index in [9.17, 15) is 0 Å². The SMILES string of the molecule is C(=NN=C1CCCCC1)NNC1CCCCC1. The molecule has 2 aliphatic rings. The Morgan fingerprint density at radius 1 is 0.941 bits per heavy atom. The van der Waals surface area contributed by atoms with Crippen molar-refractivity contribution in [1.82, 2.24) is 10.9 Å². The Balaban J connectivity index is 1.60. The van der Waals surface area contributed by atoms with Gasteiger partial charge in [-0.2, -0.15) is 5.10 Å². The van der Waals surface area contributed by atoms with Crippen LogP contribution in [0.5, 0.6) is 0 Å². The van der Waals surface area contributed by atoms with Crippen LogP contribution in [0, 0.1) is 0 Å². The summed E-state index contributed by atoms with van der Waals surface area (Å²) in [6.45, 7) is 0. The average Bonchev–Trinajstić information content (AvgIpc) is 2.41. The minimum atomic E-state index is 0.609. The molecule has 0 aromatic carbocycles. The second-order valence-electron chi connectivity index (χ2n) is 5.10. The van der Waals surface area contributed by atoms with Gasteiger partial charge in [-0.25, -0.2) is 5.43 Å². The van der Waals surface area contributed by atoms with Crippen LogP contribution in [0.15, 0.2) is 10.2 Å². The zero-order chi connectivity index (χ0) is 11.8. The maximum absolute atomic E-state index is 4.25. The highest BCUT2D eigenvalue weighted by molar-refractivity contribution is 5.85. The predicted molar refractivity (Wildman–Crippen MR) is 72.2 cm³/mol. The van der Waals surface area contributed by atoms with Crippen molar-refractivity contribution in [1.29, 1.82) is 0 Å². The standard InChI is InChI=1S/C13H24N4/c1-3-7-12(8-4-1)16-14-11-15-17-13-9-5-2-6-10-13/h11-12,16H,1-10H2,(H,14,15). The highest BCUT2D eigenvalue weighted by atomic mass is 15.4. The van der Waals surface area contributed by atoms with Gasteiger partial charge in [-0.05, 0) is 38.5 Å². The molecule has 0 saturated heterocycles. The van der Waals surface area contributed by atoms with Gasteiger partial charge in [0.1, 0.15) is 6.34 Å². The fourth-order valence-corrected chi connectivity index (χ4v) is 2.60. The van der Waals surface area contributed by atoms with Crippen LogP contribution in [0.1, 0.15) is 64.2 Å². The Hall–Kier alpha value is -0.900. The third-order valence-corrected chi connectivity index (χ3v) is 3.64. The van der Waals surface area contributed by atoms with Crippen LogP contribution in [0.3, 0.4) is 0 Å². The lowest BCUT2D eigenvalue weighted by molar-refractivity contribution is 0.362. The third kappa shape index (κ3) is 4.86. The lowest BCUT2D eigenvalue weighted by Crippen LogP contribution is -2.40. The zero-order valence-electron chi connectivity index (χ0n) is 10.6. The van der Waals surface area contributed by atoms with Crippen molar-refractivity contribution in [3.63, 3.8) is 0 Å². The van der Waals surface area contributed by atoms with E-state index in [0.717, 1.165) is 12.8 Å². The van der Waals surface area contributed by atoms with E-state index in [0.29, 0.717) is 6.04 Å². The van der Waals surface area contributed by atoms with Crippen molar-refractivity contribution in [2.45, 2.75) is 70.3 Å². The van der Waals surface area contributed by atoms with Crippen LogP contribution in [0.2, 0.25) is 0 Å². The van der Waals surface area contributed by atoms with E-state index >= 15 is 0 Å². The number of hydrogen-bond donors (Lipinski definition) is 2. The summed E-state index contributed by atoms with van der Waals surface area (Å²) in [7, 11) is 0. The van der Waals surface area contributed by atoms with E-state index in [1.807, 2.05) is 0 Å². The molecule has 0 aromatic rings. The van der Waals surface area contributed by atoms with Crippen LogP contribution in [0.25, 0.3) is 0 Å². The molecule has 0 spiro atoms. The van der Waals surface area contributed by atoms with Crippen molar-refractivity contribution in [2.75, 3.05) is 0 Å². The second-order valence-corrected chi connectivity index (χ2v) is 5.10. The summed E-state index contributed by atoms with van der Waals surface area (Å²) in [5.74, 6) is 0. The van der Waals surface area contributed by atoms with E-state index in [4.69, 9.17) is 0 Å². The predicted octanol–water partition coefficient (Wildman–Crippen LogP) is 2.76. The molecular weight excluding hydrogens is 212 g/mol. The molecule has 4 nitrogen and oxygen atoms in total. The summed E-state index contributed by atoms with van der Waals surface area (Å²) in [5.41, 5.74) is 7.59. The maximum atomic E-state index is 4.25. The van der Waals surface area contributed by atoms with Crippen molar-refractivity contribution in [2.24, 2.45) is 10.2 Å². The Bertz CT molecular complexity index is 259. The quantitative estimate of drug-likeness (QED) is 0.448. The molecule has 0 bridgehead atoms. The van der Waals surface area contributed by atoms with Gasteiger partial charge in [-0.15, -0.1) is 5.10 Å². The number of rotatable bonds is 4. The molecule has 2 aliphatic carbocycles. The topological polar surface area (TPSA) is 48.8 Å². The van der Waals surface area contributed by atoms with Gasteiger partial charge in [-0.3, -0.25) is 0 Å². The molecule has 2 rings (SSSR count). The second kappa shape index (κ2) is 7.43. The summed E-state index contributed by atoms with van der Waals surface area (Å²) in [6.07, 6.45) is 14.5. The van der Waals surface area contributed by atoms with Gasteiger partial charge in [0.2, 0.25) is 0 Å². The van der Waals surface area contributed by atoms with E-state index < -0.39 is 0 Å². The minimum absolute atomic E-state index is 0.609. The fourth-order valence-electron chi connectivity index (χ4n) is 2.60. The molecule has 0 unspecified atom stereocenters. The van der Waals surface area contributed by atoms with E-state index in [-0.39, 0.29) is 0 Å². The van der Waals surface area contributed by atoms with Crippen molar-refractivity contribution < 1.29 is 0 Å². The molecule has 0 heterocycles. The van der Waals surface area contributed by atoms with Crippen LogP contribution in [0.4, 0.5) is 0 Å². The number of hydrogen-bond acceptors (Lipinski definition) is 3. The van der Waals surface area contributed by atoms with Crippen LogP contribution >= 0.6 is 0 Å². The molecule has 17 heavy (non-hydrogen) atoms. The Morgan fingerprint density at radius 3 is 2.41 bits per heavy atom. The third-order valence-electron chi connectivity index (χ3n) is 3.64. The Labute approximate surface area is 104 Å². The van der Waals surface area contributed by atoms with Gasteiger partial charge in [-0.1, -0.05) is 25.7 Å². The smallest absolute Gasteiger partial charge is 0.125 e. The lowest BCUT2D eigenvalue weighted by atomic mass is 9.96. The van der Waals surface area contributed by atoms with E-state index in [1.54, 1.807) is 6.34 Å². The van der Waals surface area contributed by atoms with Gasteiger partial charge in [0, 0.05) is 11.8 Å². The molecule has 0 amide bonds. The molecule has 2 N–H and O–H groups in total. The first-order valence-corrected chi connectivity index (χ1v) is 7.03. The van der Waals surface area contributed by atoms with Gasteiger partial charge < -0.3 is 5.43 Å². The number of hydrazine groups is 1. The largest absolute Gasteiger partial charge is 0.310 e. The van der Waals surface area contributed by atoms with Crippen molar-refractivity contribution in [3.8, 4) is 0 Å². The molecule has 0 aliphatic heterocycles. The first-order chi connectivity index (χ1) is 8.45. The summed E-state index contributed by atoms with van der Waals surface area (Å²) in [4.78, 5) is 0.